The quantitative estimate of drug-likeness (QED) is 0.633. The summed E-state index contributed by atoms with van der Waals surface area (Å²) in [6, 6.07) is -0.169. The molecule has 0 aliphatic carbocycles. The Bertz CT molecular complexity index is 944. The Labute approximate surface area is 179 Å². The Morgan fingerprint density at radius 2 is 1.97 bits per heavy atom. The third-order valence-electron chi connectivity index (χ3n) is 4.91. The van der Waals surface area contributed by atoms with E-state index in [2.05, 4.69) is 4.98 Å². The number of nitrogens with zero attached hydrogens (tertiary/aromatic N) is 3. The van der Waals surface area contributed by atoms with Gasteiger partial charge in [-0.05, 0) is 47.0 Å². The zero-order chi connectivity index (χ0) is 23.3. The summed E-state index contributed by atoms with van der Waals surface area (Å²) in [6.45, 7) is 6.56. The van der Waals surface area contributed by atoms with Gasteiger partial charge in [0, 0.05) is 30.9 Å². The molecule has 0 spiro atoms. The van der Waals surface area contributed by atoms with Crippen molar-refractivity contribution in [1.82, 2.24) is 19.4 Å². The fraction of sp³-hybridized carbons (Fsp3) is 0.650. The van der Waals surface area contributed by atoms with E-state index in [1.54, 1.807) is 25.7 Å². The van der Waals surface area contributed by atoms with E-state index in [0.29, 0.717) is 13.0 Å². The van der Waals surface area contributed by atoms with Gasteiger partial charge in [0.2, 0.25) is 5.91 Å². The molecule has 0 bridgehead atoms. The van der Waals surface area contributed by atoms with E-state index in [1.807, 2.05) is 0 Å². The molecule has 2 amide bonds. The minimum absolute atomic E-state index is 0.103. The van der Waals surface area contributed by atoms with E-state index in [-0.39, 0.29) is 18.2 Å². The number of likely N-dealkylation sites (tertiary alicyclic amines) is 1. The average molecular weight is 438 g/mol. The molecule has 2 N–H and O–H groups in total. The van der Waals surface area contributed by atoms with Crippen LogP contribution in [-0.4, -0.2) is 73.7 Å². The maximum atomic E-state index is 12.7. The molecule has 11 heteroatoms. The number of hydrogen-bond acceptors (Lipinski definition) is 6. The molecule has 1 aliphatic heterocycles. The van der Waals surface area contributed by atoms with E-state index in [1.165, 1.54) is 13.1 Å². The Balaban J connectivity index is 2.07. The van der Waals surface area contributed by atoms with Crippen LogP contribution >= 0.6 is 0 Å². The molecule has 0 aromatic carbocycles. The maximum absolute atomic E-state index is 12.7. The number of rotatable bonds is 7. The number of H-pyrrole nitrogens is 1. The van der Waals surface area contributed by atoms with Gasteiger partial charge >= 0.3 is 17.8 Å². The number of aliphatic carboxylic acids is 1. The van der Waals surface area contributed by atoms with Crippen molar-refractivity contribution >= 4 is 18.0 Å². The molecule has 172 valence electrons. The van der Waals surface area contributed by atoms with E-state index in [9.17, 15) is 29.1 Å². The number of aromatic amines is 1. The maximum Gasteiger partial charge on any atom is 0.410 e. The van der Waals surface area contributed by atoms with Gasteiger partial charge in [-0.25, -0.2) is 9.59 Å². The second-order valence-corrected chi connectivity index (χ2v) is 8.67. The fourth-order valence-corrected chi connectivity index (χ4v) is 3.44. The van der Waals surface area contributed by atoms with Crippen LogP contribution in [0.2, 0.25) is 0 Å². The Kier molecular flexibility index (Phi) is 7.64. The number of carbonyl (C=O) groups excluding carboxylic acids is 2. The van der Waals surface area contributed by atoms with Crippen LogP contribution in [0.15, 0.2) is 15.8 Å². The number of ether oxygens (including phenoxy) is 1. The Morgan fingerprint density at radius 3 is 2.58 bits per heavy atom. The van der Waals surface area contributed by atoms with Gasteiger partial charge in [0.05, 0.1) is 0 Å². The molecule has 2 heterocycles. The summed E-state index contributed by atoms with van der Waals surface area (Å²) in [5.74, 6) is -1.76. The Morgan fingerprint density at radius 1 is 1.29 bits per heavy atom. The molecule has 1 saturated heterocycles. The zero-order valence-electron chi connectivity index (χ0n) is 18.3. The zero-order valence-corrected chi connectivity index (χ0v) is 18.3. The monoisotopic (exact) mass is 438 g/mol. The molecule has 1 aromatic heterocycles. The first-order valence-corrected chi connectivity index (χ1v) is 10.2. The second-order valence-electron chi connectivity index (χ2n) is 8.67. The van der Waals surface area contributed by atoms with Crippen LogP contribution in [0.1, 0.15) is 45.6 Å². The van der Waals surface area contributed by atoms with Gasteiger partial charge in [0.1, 0.15) is 18.7 Å². The van der Waals surface area contributed by atoms with Crippen molar-refractivity contribution in [3.05, 3.63) is 32.6 Å². The van der Waals surface area contributed by atoms with Crippen molar-refractivity contribution in [2.75, 3.05) is 19.6 Å². The number of hydrogen-bond donors (Lipinski definition) is 2. The van der Waals surface area contributed by atoms with Crippen LogP contribution in [0, 0.1) is 6.92 Å². The minimum atomic E-state index is -1.19. The average Bonchev–Trinajstić information content (AvgIpc) is 3.10. The van der Waals surface area contributed by atoms with Crippen molar-refractivity contribution in [3.63, 3.8) is 0 Å². The van der Waals surface area contributed by atoms with E-state index in [4.69, 9.17) is 4.74 Å². The first-order chi connectivity index (χ1) is 14.4. The summed E-state index contributed by atoms with van der Waals surface area (Å²) in [7, 11) is 0. The summed E-state index contributed by atoms with van der Waals surface area (Å²) in [5.41, 5.74) is -1.65. The predicted molar refractivity (Wildman–Crippen MR) is 111 cm³/mol. The van der Waals surface area contributed by atoms with Gasteiger partial charge in [0.25, 0.3) is 5.56 Å². The molecule has 1 aromatic rings. The smallest absolute Gasteiger partial charge is 0.410 e. The van der Waals surface area contributed by atoms with Crippen LogP contribution in [-0.2, 0) is 20.9 Å². The number of aromatic nitrogens is 2. The lowest BCUT2D eigenvalue weighted by Gasteiger charge is -2.30. The second kappa shape index (κ2) is 9.80. The van der Waals surface area contributed by atoms with Crippen molar-refractivity contribution in [2.24, 2.45) is 0 Å². The van der Waals surface area contributed by atoms with E-state index < -0.39 is 47.9 Å². The highest BCUT2D eigenvalue weighted by Crippen LogP contribution is 2.23. The van der Waals surface area contributed by atoms with E-state index in [0.717, 1.165) is 22.3 Å². The highest BCUT2D eigenvalue weighted by Gasteiger charge is 2.32. The lowest BCUT2D eigenvalue weighted by molar-refractivity contribution is -0.144. The largest absolute Gasteiger partial charge is 0.480 e. The third-order valence-corrected chi connectivity index (χ3v) is 4.91. The predicted octanol–water partition coefficient (Wildman–Crippen LogP) is 0.548. The van der Waals surface area contributed by atoms with Gasteiger partial charge in [-0.2, -0.15) is 0 Å². The Hall–Kier alpha value is -3.11. The molecular weight excluding hydrogens is 408 g/mol. The SMILES string of the molecule is Cc1cn(CC(=O)N(CC[C@H]2CCCN2C(=O)OC(C)(C)C)CC(=O)O)c(=O)[nH]c1=O. The summed E-state index contributed by atoms with van der Waals surface area (Å²) in [4.78, 5) is 64.7. The molecule has 11 nitrogen and oxygen atoms in total. The normalized spacial score (nSPS) is 16.3. The number of amides is 2. The number of nitrogens with one attached hydrogen (secondary N) is 1. The van der Waals surface area contributed by atoms with Crippen molar-refractivity contribution < 1.29 is 24.2 Å². The van der Waals surface area contributed by atoms with Gasteiger partial charge in [-0.15, -0.1) is 0 Å². The standard InChI is InChI=1S/C20H30N4O7/c1-13-10-23(18(29)21-17(13)28)11-15(25)22(12-16(26)27)9-7-14-6-5-8-24(14)19(30)31-20(2,3)4/h10,14H,5-9,11-12H2,1-4H3,(H,26,27)(H,21,28,29)/t14-/m1/s1. The minimum Gasteiger partial charge on any atom is -0.480 e. The molecule has 1 fully saturated rings. The summed E-state index contributed by atoms with van der Waals surface area (Å²) in [6.07, 6.45) is 2.74. The van der Waals surface area contributed by atoms with Gasteiger partial charge in [-0.1, -0.05) is 0 Å². The first kappa shape index (κ1) is 24.2. The molecule has 2 rings (SSSR count). The molecule has 31 heavy (non-hydrogen) atoms. The van der Waals surface area contributed by atoms with Crippen LogP contribution < -0.4 is 11.2 Å². The van der Waals surface area contributed by atoms with Gasteiger partial charge in [0.15, 0.2) is 0 Å². The van der Waals surface area contributed by atoms with Gasteiger partial charge < -0.3 is 19.6 Å². The first-order valence-electron chi connectivity index (χ1n) is 10.2. The van der Waals surface area contributed by atoms with Crippen LogP contribution in [0.4, 0.5) is 4.79 Å². The molecule has 1 atom stereocenters. The van der Waals surface area contributed by atoms with Gasteiger partial charge in [-0.3, -0.25) is 23.9 Å². The molecule has 1 aliphatic rings. The topological polar surface area (TPSA) is 142 Å². The summed E-state index contributed by atoms with van der Waals surface area (Å²) in [5, 5.41) is 9.20. The van der Waals surface area contributed by atoms with Crippen molar-refractivity contribution in [1.29, 1.82) is 0 Å². The number of aryl methyl sites for hydroxylation is 1. The highest BCUT2D eigenvalue weighted by molar-refractivity contribution is 5.81. The van der Waals surface area contributed by atoms with Crippen molar-refractivity contribution in [3.8, 4) is 0 Å². The molecule has 0 unspecified atom stereocenters. The lowest BCUT2D eigenvalue weighted by Crippen LogP contribution is -2.44. The summed E-state index contributed by atoms with van der Waals surface area (Å²) < 4.78 is 6.47. The summed E-state index contributed by atoms with van der Waals surface area (Å²) >= 11 is 0. The fourth-order valence-electron chi connectivity index (χ4n) is 3.44. The molecule has 0 saturated carbocycles. The number of carboxylic acid groups (broad SMARTS) is 1. The molecular formula is C20H30N4O7. The number of carboxylic acids is 1. The van der Waals surface area contributed by atoms with Crippen LogP contribution in [0.3, 0.4) is 0 Å². The highest BCUT2D eigenvalue weighted by atomic mass is 16.6. The molecule has 0 radical (unpaired) electrons. The van der Waals surface area contributed by atoms with Crippen LogP contribution in [0.5, 0.6) is 0 Å². The third kappa shape index (κ3) is 6.97. The number of carbonyl (C=O) groups is 3. The van der Waals surface area contributed by atoms with Crippen molar-refractivity contribution in [2.45, 2.75) is 65.1 Å². The van der Waals surface area contributed by atoms with Crippen LogP contribution in [0.25, 0.3) is 0 Å². The van der Waals surface area contributed by atoms with E-state index >= 15 is 0 Å². The lowest BCUT2D eigenvalue weighted by atomic mass is 10.1.